The lowest BCUT2D eigenvalue weighted by molar-refractivity contribution is -0.138. The van der Waals surface area contributed by atoms with Crippen molar-refractivity contribution >= 4 is 21.8 Å². The van der Waals surface area contributed by atoms with E-state index < -0.39 is 35.2 Å². The van der Waals surface area contributed by atoms with Gasteiger partial charge in [0.15, 0.2) is 5.82 Å². The minimum Gasteiger partial charge on any atom is -0.308 e. The summed E-state index contributed by atoms with van der Waals surface area (Å²) in [4.78, 5) is 9.87. The van der Waals surface area contributed by atoms with E-state index in [0.717, 1.165) is 24.3 Å². The summed E-state index contributed by atoms with van der Waals surface area (Å²) in [5.74, 6) is 0.0384. The maximum atomic E-state index is 15.3. The third kappa shape index (κ3) is 8.16. The molecule has 0 fully saturated rings. The zero-order valence-corrected chi connectivity index (χ0v) is 35.6. The van der Waals surface area contributed by atoms with E-state index in [0.29, 0.717) is 55.4 Å². The van der Waals surface area contributed by atoms with Crippen LogP contribution in [0.5, 0.6) is 0 Å². The Bertz CT molecular complexity index is 3400. The van der Waals surface area contributed by atoms with Crippen molar-refractivity contribution in [2.75, 3.05) is 0 Å². The largest absolute Gasteiger partial charge is 0.417 e. The van der Waals surface area contributed by atoms with Crippen LogP contribution in [0.15, 0.2) is 188 Å². The summed E-state index contributed by atoms with van der Waals surface area (Å²) in [6.45, 7) is 1.55. The van der Waals surface area contributed by atoms with Gasteiger partial charge in [-0.3, -0.25) is 0 Å². The Labute approximate surface area is 383 Å². The number of hydrogen-bond donors (Lipinski definition) is 0. The van der Waals surface area contributed by atoms with E-state index >= 15 is 26.3 Å². The molecule has 0 saturated heterocycles. The maximum absolute atomic E-state index is 15.3. The van der Waals surface area contributed by atoms with Gasteiger partial charge in [-0.25, -0.2) is 9.97 Å². The molecule has 3 nitrogen and oxygen atoms in total. The number of rotatable bonds is 7. The number of para-hydroxylation sites is 1. The number of alkyl halides is 9. The predicted molar refractivity (Wildman–Crippen MR) is 249 cm³/mol. The van der Waals surface area contributed by atoms with E-state index in [4.69, 9.17) is 9.97 Å². The van der Waals surface area contributed by atoms with Gasteiger partial charge in [0.2, 0.25) is 0 Å². The molecule has 0 unspecified atom stereocenters. The van der Waals surface area contributed by atoms with Gasteiger partial charge < -0.3 is 4.57 Å². The predicted octanol–water partition coefficient (Wildman–Crippen LogP) is 16.9. The van der Waals surface area contributed by atoms with Crippen molar-refractivity contribution in [1.29, 1.82) is 0 Å². The Morgan fingerprint density at radius 1 is 0.368 bits per heavy atom. The summed E-state index contributed by atoms with van der Waals surface area (Å²) in [6.07, 6.45) is -14.5. The minimum atomic E-state index is -4.92. The normalized spacial score (nSPS) is 12.3. The number of fused-ring (bicyclic) bond motifs is 3. The standard InChI is InChI=1S/C56H34F9N3/c1-33-26-37(28-39(27-33)54(57,58)59)36-24-25-51-43(29-36)42-20-10-13-23-50(42)68(51)52-44(40-18-8-11-21-46(40)55(60,61)62)30-38(31-45(52)41-19-9-12-22-47(41)56(63,64)65)53-66-48(34-14-4-2-5-15-34)32-49(67-53)35-16-6-3-7-17-35/h2-32H,1H3. The molecular formula is C56H34F9N3. The molecule has 2 aromatic heterocycles. The van der Waals surface area contributed by atoms with E-state index in [1.165, 1.54) is 48.5 Å². The number of benzene rings is 8. The lowest BCUT2D eigenvalue weighted by atomic mass is 9.88. The van der Waals surface area contributed by atoms with Crippen LogP contribution in [0, 0.1) is 6.92 Å². The van der Waals surface area contributed by atoms with Crippen molar-refractivity contribution < 1.29 is 39.5 Å². The van der Waals surface area contributed by atoms with Crippen LogP contribution in [-0.4, -0.2) is 14.5 Å². The lowest BCUT2D eigenvalue weighted by Gasteiger charge is -2.24. The highest BCUT2D eigenvalue weighted by Crippen LogP contribution is 2.49. The highest BCUT2D eigenvalue weighted by atomic mass is 19.4. The van der Waals surface area contributed by atoms with Crippen LogP contribution in [0.1, 0.15) is 22.3 Å². The second-order valence-corrected chi connectivity index (χ2v) is 16.4. The van der Waals surface area contributed by atoms with Crippen molar-refractivity contribution in [3.63, 3.8) is 0 Å². The highest BCUT2D eigenvalue weighted by Gasteiger charge is 2.38. The fourth-order valence-electron chi connectivity index (χ4n) is 8.94. The lowest BCUT2D eigenvalue weighted by Crippen LogP contribution is -2.11. The van der Waals surface area contributed by atoms with Gasteiger partial charge in [-0.15, -0.1) is 0 Å². The number of halogens is 9. The average Bonchev–Trinajstić information content (AvgIpc) is 3.66. The Balaban J connectivity index is 1.36. The van der Waals surface area contributed by atoms with Gasteiger partial charge in [0, 0.05) is 38.6 Å². The van der Waals surface area contributed by atoms with Crippen LogP contribution < -0.4 is 0 Å². The summed E-state index contributed by atoms with van der Waals surface area (Å²) in [6, 6.07) is 48.3. The summed E-state index contributed by atoms with van der Waals surface area (Å²) >= 11 is 0. The third-order valence-corrected chi connectivity index (χ3v) is 11.9. The Morgan fingerprint density at radius 3 is 1.41 bits per heavy atom. The van der Waals surface area contributed by atoms with E-state index in [-0.39, 0.29) is 44.9 Å². The molecule has 0 aliphatic carbocycles. The van der Waals surface area contributed by atoms with Crippen LogP contribution in [0.3, 0.4) is 0 Å². The number of aryl methyl sites for hydroxylation is 1. The molecule has 0 spiro atoms. The summed E-state index contributed by atoms with van der Waals surface area (Å²) < 4.78 is 136. The van der Waals surface area contributed by atoms with Crippen molar-refractivity contribution in [3.8, 4) is 73.0 Å². The Kier molecular flexibility index (Phi) is 10.8. The monoisotopic (exact) mass is 919 g/mol. The number of aromatic nitrogens is 3. The van der Waals surface area contributed by atoms with Gasteiger partial charge in [0.25, 0.3) is 0 Å². The molecule has 12 heteroatoms. The molecule has 8 aromatic carbocycles. The second-order valence-electron chi connectivity index (χ2n) is 16.4. The van der Waals surface area contributed by atoms with Crippen LogP contribution in [0.2, 0.25) is 0 Å². The zero-order valence-electron chi connectivity index (χ0n) is 35.6. The molecule has 10 aromatic rings. The highest BCUT2D eigenvalue weighted by molar-refractivity contribution is 6.12. The maximum Gasteiger partial charge on any atom is 0.417 e. The first-order valence-electron chi connectivity index (χ1n) is 21.3. The molecule has 0 bridgehead atoms. The molecule has 0 saturated carbocycles. The molecule has 68 heavy (non-hydrogen) atoms. The van der Waals surface area contributed by atoms with Gasteiger partial charge in [0.05, 0.1) is 44.8 Å². The fourth-order valence-corrected chi connectivity index (χ4v) is 8.94. The van der Waals surface area contributed by atoms with Gasteiger partial charge in [0.1, 0.15) is 0 Å². The summed E-state index contributed by atoms with van der Waals surface area (Å²) in [5.41, 5.74) is 0.517. The molecular weight excluding hydrogens is 886 g/mol. The first kappa shape index (κ1) is 43.9. The molecule has 0 N–H and O–H groups in total. The van der Waals surface area contributed by atoms with Crippen LogP contribution in [0.4, 0.5) is 39.5 Å². The van der Waals surface area contributed by atoms with Crippen molar-refractivity contribution in [3.05, 3.63) is 210 Å². The molecule has 0 radical (unpaired) electrons. The Morgan fingerprint density at radius 2 is 0.868 bits per heavy atom. The van der Waals surface area contributed by atoms with Crippen molar-refractivity contribution in [2.24, 2.45) is 0 Å². The molecule has 2 heterocycles. The average molecular weight is 920 g/mol. The molecule has 0 aliphatic rings. The first-order valence-corrected chi connectivity index (χ1v) is 21.3. The summed E-state index contributed by atoms with van der Waals surface area (Å²) in [7, 11) is 0. The fraction of sp³-hybridized carbons (Fsp3) is 0.0714. The SMILES string of the molecule is Cc1cc(-c2ccc3c(c2)c2ccccc2n3-c2c(-c3ccccc3C(F)(F)F)cc(-c3nc(-c4ccccc4)cc(-c4ccccc4)n3)cc2-c2ccccc2C(F)(F)F)cc(C(F)(F)F)c1. The number of hydrogen-bond acceptors (Lipinski definition) is 2. The van der Waals surface area contributed by atoms with Crippen LogP contribution in [-0.2, 0) is 18.5 Å². The topological polar surface area (TPSA) is 30.7 Å². The molecule has 10 rings (SSSR count). The van der Waals surface area contributed by atoms with Crippen LogP contribution >= 0.6 is 0 Å². The van der Waals surface area contributed by atoms with Gasteiger partial charge in [-0.05, 0) is 95.4 Å². The zero-order chi connectivity index (χ0) is 47.5. The molecule has 0 amide bonds. The van der Waals surface area contributed by atoms with E-state index in [9.17, 15) is 13.2 Å². The molecule has 336 valence electrons. The van der Waals surface area contributed by atoms with E-state index in [1.807, 2.05) is 60.7 Å². The molecule has 0 atom stereocenters. The summed E-state index contributed by atoms with van der Waals surface area (Å²) in [5, 5.41) is 1.04. The van der Waals surface area contributed by atoms with Crippen LogP contribution in [0.25, 0.3) is 94.8 Å². The van der Waals surface area contributed by atoms with Gasteiger partial charge >= 0.3 is 18.5 Å². The van der Waals surface area contributed by atoms with E-state index in [2.05, 4.69) is 0 Å². The first-order chi connectivity index (χ1) is 32.5. The quantitative estimate of drug-likeness (QED) is 0.149. The third-order valence-electron chi connectivity index (χ3n) is 11.9. The minimum absolute atomic E-state index is 0.0153. The van der Waals surface area contributed by atoms with Crippen molar-refractivity contribution in [2.45, 2.75) is 25.5 Å². The van der Waals surface area contributed by atoms with Gasteiger partial charge in [-0.2, -0.15) is 39.5 Å². The van der Waals surface area contributed by atoms with Gasteiger partial charge in [-0.1, -0.05) is 127 Å². The molecule has 0 aliphatic heterocycles. The van der Waals surface area contributed by atoms with Crippen molar-refractivity contribution in [1.82, 2.24) is 14.5 Å². The second kappa shape index (κ2) is 16.7. The van der Waals surface area contributed by atoms with E-state index in [1.54, 1.807) is 66.1 Å². The smallest absolute Gasteiger partial charge is 0.308 e. The Hall–Kier alpha value is -7.99. The number of nitrogens with zero attached hydrogens (tertiary/aromatic N) is 3.